The van der Waals surface area contributed by atoms with Crippen LogP contribution in [-0.2, 0) is 6.54 Å². The minimum atomic E-state index is -4.38. The van der Waals surface area contributed by atoms with Crippen LogP contribution in [0.25, 0.3) is 0 Å². The van der Waals surface area contributed by atoms with Gasteiger partial charge in [0.05, 0.1) is 0 Å². The average Bonchev–Trinajstić information content (AvgIpc) is 1.96. The van der Waals surface area contributed by atoms with Gasteiger partial charge in [-0.25, -0.2) is 0 Å². The third-order valence-corrected chi connectivity index (χ3v) is 2.02. The molecular weight excluding hydrogens is 263 g/mol. The number of halogens is 4. The number of aryl methyl sites for hydroxylation is 1. The Hall–Kier alpha value is -0.780. The van der Waals surface area contributed by atoms with Crippen LogP contribution in [0.1, 0.15) is 5.56 Å². The summed E-state index contributed by atoms with van der Waals surface area (Å²) in [6.07, 6.45) is -3.25. The van der Waals surface area contributed by atoms with Gasteiger partial charge < -0.3 is 4.57 Å². The predicted molar refractivity (Wildman–Crippen MR) is 49.2 cm³/mol. The second-order valence-electron chi connectivity index (χ2n) is 2.89. The maximum atomic E-state index is 12.0. The first-order valence-corrected chi connectivity index (χ1v) is 4.52. The third-order valence-electron chi connectivity index (χ3n) is 1.58. The van der Waals surface area contributed by atoms with Crippen molar-refractivity contribution in [3.8, 4) is 0 Å². The molecule has 0 aliphatic rings. The molecule has 1 aromatic heterocycles. The summed E-state index contributed by atoms with van der Waals surface area (Å²) in [7, 11) is 0. The third kappa shape index (κ3) is 2.87. The van der Waals surface area contributed by atoms with E-state index in [0.717, 1.165) is 6.20 Å². The molecule has 78 valence electrons. The summed E-state index contributed by atoms with van der Waals surface area (Å²) in [6.45, 7) is 0.214. The fourth-order valence-electron chi connectivity index (χ4n) is 1.05. The summed E-state index contributed by atoms with van der Waals surface area (Å²) >= 11 is 3.03. The van der Waals surface area contributed by atoms with E-state index in [1.807, 2.05) is 0 Å². The van der Waals surface area contributed by atoms with Crippen LogP contribution in [0.2, 0.25) is 0 Å². The number of nitrogens with zero attached hydrogens (tertiary/aromatic N) is 1. The van der Waals surface area contributed by atoms with E-state index in [2.05, 4.69) is 15.9 Å². The summed E-state index contributed by atoms with van der Waals surface area (Å²) in [6, 6.07) is 1.48. The number of hydrogen-bond acceptors (Lipinski definition) is 1. The summed E-state index contributed by atoms with van der Waals surface area (Å²) in [5.74, 6) is 0. The first-order valence-electron chi connectivity index (χ1n) is 3.73. The second-order valence-corrected chi connectivity index (χ2v) is 3.81. The molecule has 1 aromatic rings. The number of pyridine rings is 1. The van der Waals surface area contributed by atoms with E-state index in [9.17, 15) is 18.0 Å². The molecule has 0 unspecified atom stereocenters. The van der Waals surface area contributed by atoms with E-state index in [4.69, 9.17) is 0 Å². The lowest BCUT2D eigenvalue weighted by Gasteiger charge is -2.10. The quantitative estimate of drug-likeness (QED) is 0.768. The van der Waals surface area contributed by atoms with Crippen molar-refractivity contribution >= 4 is 15.9 Å². The van der Waals surface area contributed by atoms with Crippen molar-refractivity contribution in [3.05, 3.63) is 32.7 Å². The summed E-state index contributed by atoms with van der Waals surface area (Å²) in [5.41, 5.74) is -0.339. The van der Waals surface area contributed by atoms with Gasteiger partial charge in [0.1, 0.15) is 6.54 Å². The first kappa shape index (κ1) is 11.3. The average molecular weight is 270 g/mol. The maximum Gasteiger partial charge on any atom is 0.406 e. The Morgan fingerprint density at radius 1 is 1.50 bits per heavy atom. The highest BCUT2D eigenvalue weighted by molar-refractivity contribution is 9.10. The normalized spacial score (nSPS) is 11.8. The van der Waals surface area contributed by atoms with Crippen molar-refractivity contribution in [2.75, 3.05) is 0 Å². The van der Waals surface area contributed by atoms with Crippen LogP contribution in [0.5, 0.6) is 0 Å². The predicted octanol–water partition coefficient (Wildman–Crippen LogP) is 2.48. The van der Waals surface area contributed by atoms with Gasteiger partial charge in [-0.1, -0.05) is 0 Å². The SMILES string of the molecule is Cc1cc(Br)cn(CC(F)(F)F)c1=O. The van der Waals surface area contributed by atoms with Gasteiger partial charge in [-0.2, -0.15) is 13.2 Å². The van der Waals surface area contributed by atoms with Crippen molar-refractivity contribution in [2.24, 2.45) is 0 Å². The molecule has 0 spiro atoms. The highest BCUT2D eigenvalue weighted by Crippen LogP contribution is 2.17. The molecule has 14 heavy (non-hydrogen) atoms. The maximum absolute atomic E-state index is 12.0. The van der Waals surface area contributed by atoms with Crippen molar-refractivity contribution < 1.29 is 13.2 Å². The molecule has 0 fully saturated rings. The van der Waals surface area contributed by atoms with Crippen LogP contribution in [0, 0.1) is 6.92 Å². The summed E-state index contributed by atoms with van der Waals surface area (Å²) < 4.78 is 37.1. The first-order chi connectivity index (χ1) is 6.29. The number of aromatic nitrogens is 1. The van der Waals surface area contributed by atoms with Crippen molar-refractivity contribution in [2.45, 2.75) is 19.6 Å². The van der Waals surface area contributed by atoms with Crippen LogP contribution in [0.4, 0.5) is 13.2 Å². The highest BCUT2D eigenvalue weighted by atomic mass is 79.9. The highest BCUT2D eigenvalue weighted by Gasteiger charge is 2.28. The van der Waals surface area contributed by atoms with Crippen LogP contribution in [-0.4, -0.2) is 10.7 Å². The Kier molecular flexibility index (Phi) is 3.04. The zero-order valence-corrected chi connectivity index (χ0v) is 8.82. The largest absolute Gasteiger partial charge is 0.406 e. The van der Waals surface area contributed by atoms with Crippen LogP contribution < -0.4 is 5.56 Å². The molecule has 2 nitrogen and oxygen atoms in total. The van der Waals surface area contributed by atoms with Gasteiger partial charge in [0.15, 0.2) is 0 Å². The van der Waals surface area contributed by atoms with Crippen molar-refractivity contribution in [1.29, 1.82) is 0 Å². The van der Waals surface area contributed by atoms with Gasteiger partial charge in [0, 0.05) is 16.2 Å². The van der Waals surface area contributed by atoms with E-state index in [1.54, 1.807) is 0 Å². The number of hydrogen-bond donors (Lipinski definition) is 0. The fourth-order valence-corrected chi connectivity index (χ4v) is 1.64. The molecule has 1 heterocycles. The number of alkyl halides is 3. The van der Waals surface area contributed by atoms with Gasteiger partial charge >= 0.3 is 6.18 Å². The molecule has 0 aromatic carbocycles. The van der Waals surface area contributed by atoms with Gasteiger partial charge in [-0.05, 0) is 28.9 Å². The van der Waals surface area contributed by atoms with E-state index in [0.29, 0.717) is 9.04 Å². The topological polar surface area (TPSA) is 22.0 Å². The summed E-state index contributed by atoms with van der Waals surface area (Å²) in [5, 5.41) is 0. The van der Waals surface area contributed by atoms with Gasteiger partial charge in [-0.3, -0.25) is 4.79 Å². The van der Waals surface area contributed by atoms with Crippen molar-refractivity contribution in [1.82, 2.24) is 4.57 Å². The van der Waals surface area contributed by atoms with E-state index < -0.39 is 18.3 Å². The summed E-state index contributed by atoms with van der Waals surface area (Å²) in [4.78, 5) is 11.2. The van der Waals surface area contributed by atoms with Crippen molar-refractivity contribution in [3.63, 3.8) is 0 Å². The molecule has 0 aliphatic heterocycles. The molecule has 1 rings (SSSR count). The Morgan fingerprint density at radius 2 is 2.07 bits per heavy atom. The Labute approximate surface area is 86.5 Å². The molecular formula is C8H7BrF3NO. The zero-order chi connectivity index (χ0) is 10.9. The standard InChI is InChI=1S/C8H7BrF3NO/c1-5-2-6(9)3-13(7(5)14)4-8(10,11)12/h2-3H,4H2,1H3. The molecule has 0 bridgehead atoms. The molecule has 0 N–H and O–H groups in total. The smallest absolute Gasteiger partial charge is 0.305 e. The van der Waals surface area contributed by atoms with Gasteiger partial charge in [0.2, 0.25) is 0 Å². The number of rotatable bonds is 1. The lowest BCUT2D eigenvalue weighted by Crippen LogP contribution is -2.28. The molecule has 0 atom stereocenters. The minimum Gasteiger partial charge on any atom is -0.305 e. The molecule has 0 saturated carbocycles. The monoisotopic (exact) mass is 269 g/mol. The fraction of sp³-hybridized carbons (Fsp3) is 0.375. The molecule has 0 radical (unpaired) electrons. The Balaban J connectivity index is 3.16. The van der Waals surface area contributed by atoms with Crippen LogP contribution >= 0.6 is 15.9 Å². The van der Waals surface area contributed by atoms with Gasteiger partial charge in [-0.15, -0.1) is 0 Å². The van der Waals surface area contributed by atoms with E-state index >= 15 is 0 Å². The van der Waals surface area contributed by atoms with Crippen LogP contribution in [0.15, 0.2) is 21.5 Å². The van der Waals surface area contributed by atoms with E-state index in [1.165, 1.54) is 13.0 Å². The lowest BCUT2D eigenvalue weighted by molar-refractivity contribution is -0.141. The molecule has 0 saturated heterocycles. The van der Waals surface area contributed by atoms with Crippen LogP contribution in [0.3, 0.4) is 0 Å². The molecule has 0 aliphatic carbocycles. The zero-order valence-electron chi connectivity index (χ0n) is 7.23. The Morgan fingerprint density at radius 3 is 2.57 bits per heavy atom. The Bertz CT molecular complexity index is 397. The molecule has 0 amide bonds. The lowest BCUT2D eigenvalue weighted by atomic mass is 10.3. The second kappa shape index (κ2) is 3.76. The van der Waals surface area contributed by atoms with Gasteiger partial charge in [0.25, 0.3) is 5.56 Å². The minimum absolute atomic E-state index is 0.281. The van der Waals surface area contributed by atoms with E-state index in [-0.39, 0.29) is 5.56 Å². The molecule has 6 heteroatoms.